The summed E-state index contributed by atoms with van der Waals surface area (Å²) in [5.74, 6) is 0.477. The first kappa shape index (κ1) is 23.4. The number of aryl methyl sites for hydroxylation is 1. The standard InChI is InChI=1S/C25H30N2O3.C3H6.H2/c1-19-24(25(28)30-18-20-9-3-2-4-10-20)22-17-21(11-12-23(22)26-19)29-16-8-7-15-27-13-5-6-14-27;1-2-3-1;/h2-4,9-12,17,26H,5-8,13-16,18H2,1H3;1-3H2;1H. The Morgan fingerprint density at radius 3 is 2.48 bits per heavy atom. The molecule has 1 N–H and O–H groups in total. The number of H-pyrrole nitrogens is 1. The van der Waals surface area contributed by atoms with Gasteiger partial charge in [-0.3, -0.25) is 0 Å². The third-order valence-corrected chi connectivity index (χ3v) is 6.06. The predicted octanol–water partition coefficient (Wildman–Crippen LogP) is 6.50. The van der Waals surface area contributed by atoms with Crippen LogP contribution in [0.5, 0.6) is 5.75 Å². The van der Waals surface area contributed by atoms with Gasteiger partial charge in [0.05, 0.1) is 12.2 Å². The van der Waals surface area contributed by atoms with Crippen molar-refractivity contribution >= 4 is 16.9 Å². The summed E-state index contributed by atoms with van der Waals surface area (Å²) >= 11 is 0. The second-order valence-electron chi connectivity index (χ2n) is 9.06. The van der Waals surface area contributed by atoms with Crippen LogP contribution in [0.15, 0.2) is 48.5 Å². The number of fused-ring (bicyclic) bond motifs is 1. The number of nitrogens with zero attached hydrogens (tertiary/aromatic N) is 1. The van der Waals surface area contributed by atoms with Gasteiger partial charge in [-0.1, -0.05) is 49.6 Å². The lowest BCUT2D eigenvalue weighted by molar-refractivity contribution is 0.0474. The van der Waals surface area contributed by atoms with Gasteiger partial charge >= 0.3 is 5.97 Å². The molecule has 2 fully saturated rings. The molecule has 1 saturated heterocycles. The van der Waals surface area contributed by atoms with Crippen LogP contribution >= 0.6 is 0 Å². The zero-order valence-electron chi connectivity index (χ0n) is 19.8. The fourth-order valence-corrected chi connectivity index (χ4v) is 4.09. The number of ether oxygens (including phenoxy) is 2. The highest BCUT2D eigenvalue weighted by Crippen LogP contribution is 2.27. The maximum atomic E-state index is 12.8. The molecule has 1 aromatic heterocycles. The minimum atomic E-state index is -0.314. The van der Waals surface area contributed by atoms with Gasteiger partial charge in [-0.2, -0.15) is 0 Å². The molecule has 0 amide bonds. The summed E-state index contributed by atoms with van der Waals surface area (Å²) in [4.78, 5) is 18.6. The SMILES string of the molecule is C1CC1.Cc1[nH]c2ccc(OCCCCN3CCCC3)cc2c1C(=O)OCc1ccccc1.[HH]. The topological polar surface area (TPSA) is 54.6 Å². The summed E-state index contributed by atoms with van der Waals surface area (Å²) in [6.45, 7) is 6.51. The molecule has 2 aliphatic rings. The molecule has 2 aromatic carbocycles. The first-order valence-electron chi connectivity index (χ1n) is 12.4. The van der Waals surface area contributed by atoms with E-state index < -0.39 is 0 Å². The van der Waals surface area contributed by atoms with Crippen molar-refractivity contribution in [1.82, 2.24) is 9.88 Å². The number of esters is 1. The molecule has 5 rings (SSSR count). The van der Waals surface area contributed by atoms with Crippen molar-refractivity contribution in [3.8, 4) is 5.75 Å². The van der Waals surface area contributed by atoms with Gasteiger partial charge in [0.1, 0.15) is 12.4 Å². The average molecular weight is 451 g/mol. The highest BCUT2D eigenvalue weighted by Gasteiger charge is 2.18. The zero-order chi connectivity index (χ0) is 22.9. The summed E-state index contributed by atoms with van der Waals surface area (Å²) in [7, 11) is 0. The smallest absolute Gasteiger partial charge is 0.340 e. The molecule has 2 heterocycles. The molecule has 3 aromatic rings. The third-order valence-electron chi connectivity index (χ3n) is 6.06. The van der Waals surface area contributed by atoms with E-state index in [0.717, 1.165) is 47.3 Å². The van der Waals surface area contributed by atoms with E-state index in [0.29, 0.717) is 12.2 Å². The molecule has 0 spiro atoms. The Bertz CT molecular complexity index is 1020. The van der Waals surface area contributed by atoms with Crippen molar-refractivity contribution in [3.63, 3.8) is 0 Å². The molecule has 1 saturated carbocycles. The minimum Gasteiger partial charge on any atom is -0.494 e. The van der Waals surface area contributed by atoms with E-state index in [-0.39, 0.29) is 14.0 Å². The van der Waals surface area contributed by atoms with Gasteiger partial charge in [0.2, 0.25) is 0 Å². The number of benzene rings is 2. The molecule has 1 aliphatic carbocycles. The van der Waals surface area contributed by atoms with Crippen molar-refractivity contribution < 1.29 is 15.7 Å². The van der Waals surface area contributed by atoms with Crippen LogP contribution in [-0.2, 0) is 11.3 Å². The van der Waals surface area contributed by atoms with Crippen LogP contribution in [0.2, 0.25) is 0 Å². The van der Waals surface area contributed by atoms with Crippen LogP contribution in [0, 0.1) is 6.92 Å². The number of likely N-dealkylation sites (tertiary alicyclic amines) is 1. The molecule has 0 radical (unpaired) electrons. The van der Waals surface area contributed by atoms with Crippen molar-refractivity contribution in [1.29, 1.82) is 0 Å². The van der Waals surface area contributed by atoms with Gasteiger partial charge in [0.15, 0.2) is 0 Å². The normalized spacial score (nSPS) is 15.2. The van der Waals surface area contributed by atoms with Gasteiger partial charge in [-0.05, 0) is 76.0 Å². The Kier molecular flexibility index (Phi) is 8.42. The van der Waals surface area contributed by atoms with E-state index in [4.69, 9.17) is 9.47 Å². The van der Waals surface area contributed by atoms with E-state index in [1.807, 2.05) is 55.5 Å². The maximum Gasteiger partial charge on any atom is 0.340 e. The fraction of sp³-hybridized carbons (Fsp3) is 0.464. The van der Waals surface area contributed by atoms with Crippen LogP contribution in [0.3, 0.4) is 0 Å². The lowest BCUT2D eigenvalue weighted by Gasteiger charge is -2.14. The van der Waals surface area contributed by atoms with Crippen LogP contribution in [0.1, 0.15) is 68.0 Å². The number of nitrogens with one attached hydrogen (secondary N) is 1. The van der Waals surface area contributed by atoms with E-state index in [9.17, 15) is 4.79 Å². The van der Waals surface area contributed by atoms with Gasteiger partial charge in [-0.15, -0.1) is 0 Å². The second kappa shape index (κ2) is 11.9. The molecule has 1 aliphatic heterocycles. The minimum absolute atomic E-state index is 0. The average Bonchev–Trinajstić information content (AvgIpc) is 3.56. The van der Waals surface area contributed by atoms with Crippen LogP contribution in [0.25, 0.3) is 10.9 Å². The van der Waals surface area contributed by atoms with Crippen molar-refractivity contribution in [2.45, 2.75) is 58.5 Å². The van der Waals surface area contributed by atoms with Crippen LogP contribution in [-0.4, -0.2) is 42.1 Å². The van der Waals surface area contributed by atoms with E-state index in [2.05, 4.69) is 9.88 Å². The van der Waals surface area contributed by atoms with Crippen molar-refractivity contribution in [2.75, 3.05) is 26.2 Å². The Hall–Kier alpha value is -2.79. The molecular formula is C28H38N2O3. The number of carbonyl (C=O) groups is 1. The first-order valence-corrected chi connectivity index (χ1v) is 12.4. The molecule has 0 bridgehead atoms. The number of unbranched alkanes of at least 4 members (excludes halogenated alkanes) is 1. The lowest BCUT2D eigenvalue weighted by Crippen LogP contribution is -2.20. The number of rotatable bonds is 9. The monoisotopic (exact) mass is 450 g/mol. The van der Waals surface area contributed by atoms with E-state index >= 15 is 0 Å². The van der Waals surface area contributed by atoms with Crippen LogP contribution in [0.4, 0.5) is 0 Å². The summed E-state index contributed by atoms with van der Waals surface area (Å²) < 4.78 is 11.5. The van der Waals surface area contributed by atoms with Gasteiger partial charge in [0, 0.05) is 18.0 Å². The Morgan fingerprint density at radius 1 is 1.00 bits per heavy atom. The van der Waals surface area contributed by atoms with E-state index in [1.54, 1.807) is 0 Å². The number of carbonyl (C=O) groups excluding carboxylic acids is 1. The molecule has 5 nitrogen and oxygen atoms in total. The predicted molar refractivity (Wildman–Crippen MR) is 135 cm³/mol. The summed E-state index contributed by atoms with van der Waals surface area (Å²) in [6.07, 6.45) is 9.36. The second-order valence-corrected chi connectivity index (χ2v) is 9.06. The maximum absolute atomic E-state index is 12.8. The van der Waals surface area contributed by atoms with E-state index in [1.165, 1.54) is 45.2 Å². The van der Waals surface area contributed by atoms with Gasteiger partial charge in [0.25, 0.3) is 0 Å². The Labute approximate surface area is 198 Å². The Morgan fingerprint density at radius 2 is 1.76 bits per heavy atom. The number of hydrogen-bond acceptors (Lipinski definition) is 4. The molecule has 5 heteroatoms. The Balaban J connectivity index is 0.000000751. The molecular weight excluding hydrogens is 412 g/mol. The largest absolute Gasteiger partial charge is 0.494 e. The summed E-state index contributed by atoms with van der Waals surface area (Å²) in [5.41, 5.74) is 3.29. The molecule has 0 unspecified atom stereocenters. The fourth-order valence-electron chi connectivity index (χ4n) is 4.09. The number of hydrogen-bond donors (Lipinski definition) is 1. The third kappa shape index (κ3) is 7.10. The lowest BCUT2D eigenvalue weighted by atomic mass is 10.1. The summed E-state index contributed by atoms with van der Waals surface area (Å²) in [6, 6.07) is 15.6. The first-order chi connectivity index (χ1) is 16.2. The van der Waals surface area contributed by atoms with Crippen molar-refractivity contribution in [3.05, 3.63) is 65.4 Å². The van der Waals surface area contributed by atoms with Crippen LogP contribution < -0.4 is 4.74 Å². The van der Waals surface area contributed by atoms with Crippen molar-refractivity contribution in [2.24, 2.45) is 0 Å². The molecule has 0 atom stereocenters. The van der Waals surface area contributed by atoms with Gasteiger partial charge in [-0.25, -0.2) is 4.79 Å². The number of aromatic amines is 1. The number of aromatic nitrogens is 1. The molecule has 33 heavy (non-hydrogen) atoms. The van der Waals surface area contributed by atoms with Gasteiger partial charge < -0.3 is 19.4 Å². The quantitative estimate of drug-likeness (QED) is 0.298. The highest BCUT2D eigenvalue weighted by atomic mass is 16.5. The summed E-state index contributed by atoms with van der Waals surface area (Å²) in [5, 5.41) is 0.847. The highest BCUT2D eigenvalue weighted by molar-refractivity contribution is 6.05. The molecule has 178 valence electrons. The zero-order valence-corrected chi connectivity index (χ0v) is 19.8.